The van der Waals surface area contributed by atoms with Crippen molar-refractivity contribution in [3.63, 3.8) is 0 Å². The minimum absolute atomic E-state index is 0.121. The van der Waals surface area contributed by atoms with Gasteiger partial charge in [0, 0.05) is 7.11 Å². The molecule has 0 radical (unpaired) electrons. The quantitative estimate of drug-likeness (QED) is 0.754. The van der Waals surface area contributed by atoms with E-state index in [2.05, 4.69) is 15.6 Å². The molecular formula is C14H16N4O4. The molecule has 2 N–H and O–H groups in total. The predicted octanol–water partition coefficient (Wildman–Crippen LogP) is 0.156. The second kappa shape index (κ2) is 7.32. The lowest BCUT2D eigenvalue weighted by atomic mass is 10.2. The van der Waals surface area contributed by atoms with E-state index in [-0.39, 0.29) is 12.2 Å². The maximum absolute atomic E-state index is 11.9. The van der Waals surface area contributed by atoms with Gasteiger partial charge in [0.15, 0.2) is 11.8 Å². The van der Waals surface area contributed by atoms with Gasteiger partial charge in [-0.05, 0) is 5.56 Å². The number of aromatic nitrogens is 3. The highest BCUT2D eigenvalue weighted by molar-refractivity contribution is 5.92. The van der Waals surface area contributed by atoms with E-state index < -0.39 is 18.0 Å². The van der Waals surface area contributed by atoms with Crippen molar-refractivity contribution in [1.29, 1.82) is 0 Å². The second-order valence-electron chi connectivity index (χ2n) is 4.56. The van der Waals surface area contributed by atoms with E-state index >= 15 is 0 Å². The topological polar surface area (TPSA) is 106 Å². The van der Waals surface area contributed by atoms with Crippen LogP contribution in [0.15, 0.2) is 36.5 Å². The number of benzene rings is 1. The lowest BCUT2D eigenvalue weighted by molar-refractivity contribution is -0.148. The fourth-order valence-corrected chi connectivity index (χ4v) is 1.80. The van der Waals surface area contributed by atoms with Gasteiger partial charge in [-0.3, -0.25) is 4.79 Å². The molecule has 0 fully saturated rings. The summed E-state index contributed by atoms with van der Waals surface area (Å²) >= 11 is 0. The Balaban J connectivity index is 1.93. The third-order valence-corrected chi connectivity index (χ3v) is 2.97. The highest BCUT2D eigenvalue weighted by Gasteiger charge is 2.18. The molecule has 1 amide bonds. The lowest BCUT2D eigenvalue weighted by Gasteiger charge is -2.10. The van der Waals surface area contributed by atoms with E-state index in [1.165, 1.54) is 18.0 Å². The minimum Gasteiger partial charge on any atom is -0.479 e. The van der Waals surface area contributed by atoms with Crippen molar-refractivity contribution in [1.82, 2.24) is 20.3 Å². The number of carboxylic acid groups (broad SMARTS) is 1. The largest absolute Gasteiger partial charge is 0.479 e. The Labute approximate surface area is 126 Å². The van der Waals surface area contributed by atoms with Crippen molar-refractivity contribution in [2.75, 3.05) is 13.7 Å². The molecule has 1 atom stereocenters. The van der Waals surface area contributed by atoms with Crippen LogP contribution < -0.4 is 5.32 Å². The first-order chi connectivity index (χ1) is 10.6. The third-order valence-electron chi connectivity index (χ3n) is 2.97. The number of amides is 1. The van der Waals surface area contributed by atoms with Gasteiger partial charge in [0.25, 0.3) is 5.91 Å². The number of methoxy groups -OCH3 is 1. The van der Waals surface area contributed by atoms with E-state index in [0.29, 0.717) is 6.54 Å². The van der Waals surface area contributed by atoms with E-state index in [9.17, 15) is 9.59 Å². The molecule has 2 aromatic rings. The Kier molecular flexibility index (Phi) is 5.21. The molecule has 1 aromatic heterocycles. The molecule has 1 aromatic carbocycles. The number of nitrogens with one attached hydrogen (secondary N) is 1. The normalized spacial score (nSPS) is 11.9. The molecular weight excluding hydrogens is 288 g/mol. The molecule has 0 bridgehead atoms. The Bertz CT molecular complexity index is 641. The van der Waals surface area contributed by atoms with Crippen LogP contribution in [0.1, 0.15) is 16.1 Å². The Morgan fingerprint density at radius 2 is 2.09 bits per heavy atom. The summed E-state index contributed by atoms with van der Waals surface area (Å²) in [5.74, 6) is -1.64. The fourth-order valence-electron chi connectivity index (χ4n) is 1.80. The van der Waals surface area contributed by atoms with Gasteiger partial charge in [-0.25, -0.2) is 9.48 Å². The third kappa shape index (κ3) is 4.13. The summed E-state index contributed by atoms with van der Waals surface area (Å²) in [6, 6.07) is 9.63. The predicted molar refractivity (Wildman–Crippen MR) is 76.3 cm³/mol. The van der Waals surface area contributed by atoms with Crippen molar-refractivity contribution in [2.24, 2.45) is 0 Å². The molecule has 0 saturated carbocycles. The number of nitrogens with zero attached hydrogens (tertiary/aromatic N) is 3. The molecule has 8 nitrogen and oxygen atoms in total. The van der Waals surface area contributed by atoms with Crippen LogP contribution in [-0.2, 0) is 16.1 Å². The van der Waals surface area contributed by atoms with Crippen molar-refractivity contribution < 1.29 is 19.4 Å². The molecule has 116 valence electrons. The van der Waals surface area contributed by atoms with Gasteiger partial charge in [-0.15, -0.1) is 5.10 Å². The van der Waals surface area contributed by atoms with Crippen LogP contribution in [0.2, 0.25) is 0 Å². The first kappa shape index (κ1) is 15.6. The Morgan fingerprint density at radius 3 is 2.73 bits per heavy atom. The Morgan fingerprint density at radius 1 is 1.36 bits per heavy atom. The Hall–Kier alpha value is -2.74. The van der Waals surface area contributed by atoms with Crippen LogP contribution in [0, 0.1) is 0 Å². The smallest absolute Gasteiger partial charge is 0.334 e. The molecule has 2 rings (SSSR count). The molecule has 0 aliphatic rings. The van der Waals surface area contributed by atoms with Gasteiger partial charge < -0.3 is 15.2 Å². The molecule has 0 spiro atoms. The molecule has 1 unspecified atom stereocenters. The van der Waals surface area contributed by atoms with Crippen molar-refractivity contribution >= 4 is 11.9 Å². The van der Waals surface area contributed by atoms with E-state index in [1.807, 2.05) is 30.3 Å². The monoisotopic (exact) mass is 304 g/mol. The van der Waals surface area contributed by atoms with Gasteiger partial charge in [-0.2, -0.15) is 0 Å². The zero-order chi connectivity index (χ0) is 15.9. The first-order valence-corrected chi connectivity index (χ1v) is 6.58. The van der Waals surface area contributed by atoms with Gasteiger partial charge >= 0.3 is 5.97 Å². The highest BCUT2D eigenvalue weighted by Crippen LogP contribution is 2.02. The number of ether oxygens (including phenoxy) is 1. The number of hydrogen-bond donors (Lipinski definition) is 2. The van der Waals surface area contributed by atoms with Gasteiger partial charge in [0.05, 0.1) is 19.3 Å². The molecule has 0 aliphatic carbocycles. The number of aliphatic carboxylic acids is 1. The van der Waals surface area contributed by atoms with Crippen LogP contribution in [-0.4, -0.2) is 51.7 Å². The van der Waals surface area contributed by atoms with E-state index in [4.69, 9.17) is 9.84 Å². The SMILES string of the molecule is COC(CNC(=O)c1cn(Cc2ccccc2)nn1)C(=O)O. The van der Waals surface area contributed by atoms with Crippen LogP contribution in [0.5, 0.6) is 0 Å². The van der Waals surface area contributed by atoms with E-state index in [0.717, 1.165) is 5.56 Å². The minimum atomic E-state index is -1.14. The summed E-state index contributed by atoms with van der Waals surface area (Å²) in [6.45, 7) is 0.354. The molecule has 0 saturated heterocycles. The van der Waals surface area contributed by atoms with Gasteiger partial charge in [0.2, 0.25) is 0 Å². The van der Waals surface area contributed by atoms with Crippen molar-refractivity contribution in [3.8, 4) is 0 Å². The standard InChI is InChI=1S/C14H16N4O4/c1-22-12(14(20)21)7-15-13(19)11-9-18(17-16-11)8-10-5-3-2-4-6-10/h2-6,9,12H,7-8H2,1H3,(H,15,19)(H,20,21). The number of carboxylic acids is 1. The summed E-state index contributed by atoms with van der Waals surface area (Å²) in [5, 5.41) is 18.9. The van der Waals surface area contributed by atoms with E-state index in [1.54, 1.807) is 0 Å². The zero-order valence-electron chi connectivity index (χ0n) is 12.0. The summed E-state index contributed by atoms with van der Waals surface area (Å²) in [4.78, 5) is 22.7. The van der Waals surface area contributed by atoms with Crippen LogP contribution >= 0.6 is 0 Å². The number of rotatable bonds is 7. The molecule has 8 heteroatoms. The average Bonchev–Trinajstić information content (AvgIpc) is 2.97. The summed E-state index contributed by atoms with van der Waals surface area (Å²) in [7, 11) is 1.26. The summed E-state index contributed by atoms with van der Waals surface area (Å²) < 4.78 is 6.26. The van der Waals surface area contributed by atoms with Gasteiger partial charge in [-0.1, -0.05) is 35.5 Å². The summed E-state index contributed by atoms with van der Waals surface area (Å²) in [6.07, 6.45) is 0.411. The summed E-state index contributed by atoms with van der Waals surface area (Å²) in [5.41, 5.74) is 1.15. The fraction of sp³-hybridized carbons (Fsp3) is 0.286. The molecule has 0 aliphatic heterocycles. The maximum atomic E-state index is 11.9. The maximum Gasteiger partial charge on any atom is 0.334 e. The van der Waals surface area contributed by atoms with Gasteiger partial charge in [0.1, 0.15) is 0 Å². The average molecular weight is 304 g/mol. The molecule has 1 heterocycles. The zero-order valence-corrected chi connectivity index (χ0v) is 12.0. The molecule has 22 heavy (non-hydrogen) atoms. The van der Waals surface area contributed by atoms with Crippen molar-refractivity contribution in [2.45, 2.75) is 12.6 Å². The second-order valence-corrected chi connectivity index (χ2v) is 4.56. The number of carbonyl (C=O) groups is 2. The first-order valence-electron chi connectivity index (χ1n) is 6.58. The van der Waals surface area contributed by atoms with Crippen molar-refractivity contribution in [3.05, 3.63) is 47.8 Å². The number of hydrogen-bond acceptors (Lipinski definition) is 5. The van der Waals surface area contributed by atoms with Crippen LogP contribution in [0.25, 0.3) is 0 Å². The van der Waals surface area contributed by atoms with Crippen LogP contribution in [0.4, 0.5) is 0 Å². The lowest BCUT2D eigenvalue weighted by Crippen LogP contribution is -2.37. The van der Waals surface area contributed by atoms with Crippen LogP contribution in [0.3, 0.4) is 0 Å². The number of carbonyl (C=O) groups excluding carboxylic acids is 1. The highest BCUT2D eigenvalue weighted by atomic mass is 16.5.